The largest absolute Gasteiger partial charge is 0.325 e. The van der Waals surface area contributed by atoms with E-state index in [1.165, 1.54) is 11.9 Å². The van der Waals surface area contributed by atoms with E-state index in [-0.39, 0.29) is 0 Å². The molecule has 2 rings (SSSR count). The Morgan fingerprint density at radius 3 is 2.72 bits per heavy atom. The van der Waals surface area contributed by atoms with Gasteiger partial charge >= 0.3 is 0 Å². The smallest absolute Gasteiger partial charge is 0.0560 e. The van der Waals surface area contributed by atoms with Crippen LogP contribution in [0.5, 0.6) is 0 Å². The average Bonchev–Trinajstić information content (AvgIpc) is 2.35. The zero-order valence-electron chi connectivity index (χ0n) is 9.51. The van der Waals surface area contributed by atoms with Crippen LogP contribution in [-0.2, 0) is 0 Å². The molecule has 2 aromatic carbocycles. The van der Waals surface area contributed by atoms with Gasteiger partial charge in [0.15, 0.2) is 0 Å². The van der Waals surface area contributed by atoms with Gasteiger partial charge in [-0.25, -0.2) is 0 Å². The first kappa shape index (κ1) is 14.1. The van der Waals surface area contributed by atoms with E-state index < -0.39 is 0 Å². The highest BCUT2D eigenvalue weighted by Crippen LogP contribution is 2.32. The van der Waals surface area contributed by atoms with Gasteiger partial charge in [0.2, 0.25) is 0 Å². The minimum absolute atomic E-state index is 0.676. The van der Waals surface area contributed by atoms with Crippen LogP contribution >= 0.6 is 51.1 Å². The predicted octanol–water partition coefficient (Wildman–Crippen LogP) is 6.18. The van der Waals surface area contributed by atoms with Crippen molar-refractivity contribution in [1.29, 1.82) is 0 Å². The van der Waals surface area contributed by atoms with E-state index in [9.17, 15) is 0 Å². The van der Waals surface area contributed by atoms with Crippen LogP contribution in [0.15, 0.2) is 45.8 Å². The Morgan fingerprint density at radius 2 is 1.94 bits per heavy atom. The summed E-state index contributed by atoms with van der Waals surface area (Å²) in [6.45, 7) is 2.05. The Balaban J connectivity index is 2.16. The van der Waals surface area contributed by atoms with Crippen LogP contribution in [0.1, 0.15) is 5.56 Å². The second kappa shape index (κ2) is 6.20. The molecule has 0 atom stereocenters. The molecule has 0 radical (unpaired) electrons. The second-order valence-electron chi connectivity index (χ2n) is 3.69. The van der Waals surface area contributed by atoms with Gasteiger partial charge < -0.3 is 4.72 Å². The lowest BCUT2D eigenvalue weighted by molar-refractivity contribution is 1.42. The van der Waals surface area contributed by atoms with Crippen LogP contribution in [0.4, 0.5) is 5.69 Å². The Kier molecular flexibility index (Phi) is 4.84. The summed E-state index contributed by atoms with van der Waals surface area (Å²) < 4.78 is 4.36. The van der Waals surface area contributed by atoms with Gasteiger partial charge in [-0.1, -0.05) is 45.2 Å². The SMILES string of the molecule is Cc1c(Br)cccc1NSc1cc(Cl)ccc1Cl. The summed E-state index contributed by atoms with van der Waals surface area (Å²) >= 11 is 17.0. The average molecular weight is 363 g/mol. The number of hydrogen-bond acceptors (Lipinski definition) is 2. The molecular weight excluding hydrogens is 353 g/mol. The van der Waals surface area contributed by atoms with E-state index >= 15 is 0 Å². The summed E-state index contributed by atoms with van der Waals surface area (Å²) in [5, 5.41) is 1.36. The number of nitrogens with one attached hydrogen (secondary N) is 1. The van der Waals surface area contributed by atoms with Crippen LogP contribution in [0, 0.1) is 6.92 Å². The third-order valence-electron chi connectivity index (χ3n) is 2.43. The number of hydrogen-bond donors (Lipinski definition) is 1. The number of rotatable bonds is 3. The van der Waals surface area contributed by atoms with Crippen LogP contribution in [0.25, 0.3) is 0 Å². The van der Waals surface area contributed by atoms with Crippen molar-refractivity contribution in [3.63, 3.8) is 0 Å². The van der Waals surface area contributed by atoms with Crippen molar-refractivity contribution in [1.82, 2.24) is 0 Å². The lowest BCUT2D eigenvalue weighted by atomic mass is 10.2. The number of anilines is 1. The monoisotopic (exact) mass is 361 g/mol. The molecule has 1 nitrogen and oxygen atoms in total. The molecule has 0 aromatic heterocycles. The third-order valence-corrected chi connectivity index (χ3v) is 4.85. The minimum Gasteiger partial charge on any atom is -0.325 e. The van der Waals surface area contributed by atoms with E-state index in [1.54, 1.807) is 12.1 Å². The molecule has 2 aromatic rings. The van der Waals surface area contributed by atoms with Crippen molar-refractivity contribution >= 4 is 56.8 Å². The van der Waals surface area contributed by atoms with Gasteiger partial charge in [0.05, 0.1) is 5.02 Å². The molecule has 0 heterocycles. The van der Waals surface area contributed by atoms with Gasteiger partial charge in [0.1, 0.15) is 0 Å². The zero-order chi connectivity index (χ0) is 13.1. The summed E-state index contributed by atoms with van der Waals surface area (Å²) in [6, 6.07) is 11.4. The molecule has 0 spiro atoms. The first-order valence-electron chi connectivity index (χ1n) is 5.21. The molecule has 0 aliphatic rings. The molecular formula is C13H10BrCl2NS. The lowest BCUT2D eigenvalue weighted by Crippen LogP contribution is -1.91. The Hall–Kier alpha value is -0.350. The van der Waals surface area contributed by atoms with E-state index in [4.69, 9.17) is 23.2 Å². The molecule has 1 N–H and O–H groups in total. The van der Waals surface area contributed by atoms with E-state index in [0.29, 0.717) is 10.0 Å². The Labute approximate surface area is 129 Å². The topological polar surface area (TPSA) is 12.0 Å². The third kappa shape index (κ3) is 3.35. The van der Waals surface area contributed by atoms with Gasteiger partial charge in [0, 0.05) is 20.1 Å². The highest BCUT2D eigenvalue weighted by molar-refractivity contribution is 9.10. The fourth-order valence-corrected chi connectivity index (χ4v) is 3.01. The molecule has 0 saturated heterocycles. The molecule has 0 amide bonds. The van der Waals surface area contributed by atoms with Crippen LogP contribution < -0.4 is 4.72 Å². The van der Waals surface area contributed by atoms with Crippen LogP contribution in [0.3, 0.4) is 0 Å². The molecule has 5 heteroatoms. The van der Waals surface area contributed by atoms with Crippen molar-refractivity contribution in [2.75, 3.05) is 4.72 Å². The summed E-state index contributed by atoms with van der Waals surface area (Å²) in [7, 11) is 0. The van der Waals surface area contributed by atoms with Gasteiger partial charge in [-0.05, 0) is 54.8 Å². The molecule has 0 saturated carbocycles. The van der Waals surface area contributed by atoms with E-state index in [1.807, 2.05) is 31.2 Å². The van der Waals surface area contributed by atoms with E-state index in [2.05, 4.69) is 20.7 Å². The molecule has 18 heavy (non-hydrogen) atoms. The van der Waals surface area contributed by atoms with Gasteiger partial charge in [-0.15, -0.1) is 0 Å². The maximum absolute atomic E-state index is 6.10. The summed E-state index contributed by atoms with van der Waals surface area (Å²) in [6.07, 6.45) is 0. The maximum atomic E-state index is 6.10. The predicted molar refractivity (Wildman–Crippen MR) is 84.8 cm³/mol. The summed E-state index contributed by atoms with van der Waals surface area (Å²) in [5.41, 5.74) is 2.20. The molecule has 0 aliphatic carbocycles. The Morgan fingerprint density at radius 1 is 1.17 bits per heavy atom. The molecule has 0 fully saturated rings. The fourth-order valence-electron chi connectivity index (χ4n) is 1.38. The number of benzene rings is 2. The molecule has 0 aliphatic heterocycles. The first-order valence-corrected chi connectivity index (χ1v) is 7.57. The van der Waals surface area contributed by atoms with Crippen molar-refractivity contribution in [3.05, 3.63) is 56.5 Å². The van der Waals surface area contributed by atoms with Gasteiger partial charge in [-0.2, -0.15) is 0 Å². The summed E-state index contributed by atoms with van der Waals surface area (Å²) in [5.74, 6) is 0. The highest BCUT2D eigenvalue weighted by Gasteiger charge is 2.05. The van der Waals surface area contributed by atoms with Crippen LogP contribution in [-0.4, -0.2) is 0 Å². The lowest BCUT2D eigenvalue weighted by Gasteiger charge is -2.10. The molecule has 94 valence electrons. The zero-order valence-corrected chi connectivity index (χ0v) is 13.4. The summed E-state index contributed by atoms with van der Waals surface area (Å²) in [4.78, 5) is 0.906. The number of halogens is 3. The molecule has 0 bridgehead atoms. The molecule has 0 unspecified atom stereocenters. The van der Waals surface area contributed by atoms with Gasteiger partial charge in [0.25, 0.3) is 0 Å². The van der Waals surface area contributed by atoms with Crippen molar-refractivity contribution in [2.24, 2.45) is 0 Å². The normalized spacial score (nSPS) is 10.4. The van der Waals surface area contributed by atoms with E-state index in [0.717, 1.165) is 20.6 Å². The quantitative estimate of drug-likeness (QED) is 0.654. The van der Waals surface area contributed by atoms with Gasteiger partial charge in [-0.3, -0.25) is 0 Å². The van der Waals surface area contributed by atoms with Crippen molar-refractivity contribution in [2.45, 2.75) is 11.8 Å². The highest BCUT2D eigenvalue weighted by atomic mass is 79.9. The van der Waals surface area contributed by atoms with Crippen molar-refractivity contribution in [3.8, 4) is 0 Å². The van der Waals surface area contributed by atoms with Crippen LogP contribution in [0.2, 0.25) is 10.0 Å². The Bertz CT molecular complexity index is 573. The standard InChI is InChI=1S/C13H10BrCl2NS/c1-8-10(14)3-2-4-12(8)17-18-13-7-9(15)5-6-11(13)16/h2-7,17H,1H3. The maximum Gasteiger partial charge on any atom is 0.0560 e. The first-order chi connectivity index (χ1) is 8.58. The second-order valence-corrected chi connectivity index (χ2v) is 6.24. The minimum atomic E-state index is 0.676. The fraction of sp³-hybridized carbons (Fsp3) is 0.0769. The van der Waals surface area contributed by atoms with Crippen molar-refractivity contribution < 1.29 is 0 Å².